The first-order chi connectivity index (χ1) is 12.4. The van der Waals surface area contributed by atoms with Crippen molar-refractivity contribution in [3.63, 3.8) is 0 Å². The molecule has 0 aromatic carbocycles. The van der Waals surface area contributed by atoms with Gasteiger partial charge in [0.1, 0.15) is 0 Å². The van der Waals surface area contributed by atoms with Gasteiger partial charge in [0.2, 0.25) is 11.8 Å². The Labute approximate surface area is 153 Å². The van der Waals surface area contributed by atoms with Gasteiger partial charge in [-0.05, 0) is 31.1 Å². The molecule has 4 unspecified atom stereocenters. The Morgan fingerprint density at radius 3 is 2.15 bits per heavy atom. The lowest BCUT2D eigenvalue weighted by Gasteiger charge is -2.37. The summed E-state index contributed by atoms with van der Waals surface area (Å²) in [5.41, 5.74) is -0.123. The van der Waals surface area contributed by atoms with Gasteiger partial charge in [-0.25, -0.2) is 4.57 Å². The van der Waals surface area contributed by atoms with Crippen molar-refractivity contribution in [2.75, 3.05) is 26.4 Å². The fourth-order valence-electron chi connectivity index (χ4n) is 4.67. The van der Waals surface area contributed by atoms with Crippen molar-refractivity contribution in [2.45, 2.75) is 33.1 Å². The maximum absolute atomic E-state index is 12.6. The number of carbonyl (C=O) groups excluding carboxylic acids is 2. The monoisotopic (exact) mass is 383 g/mol. The zero-order valence-electron chi connectivity index (χ0n) is 15.3. The van der Waals surface area contributed by atoms with Crippen LogP contribution in [-0.2, 0) is 27.7 Å². The Bertz CT molecular complexity index is 643. The lowest BCUT2D eigenvalue weighted by Crippen LogP contribution is -2.37. The molecule has 2 amide bonds. The molecule has 3 fully saturated rings. The van der Waals surface area contributed by atoms with Crippen molar-refractivity contribution in [3.05, 3.63) is 12.2 Å². The summed E-state index contributed by atoms with van der Waals surface area (Å²) in [6.45, 7) is 4.82. The standard InChI is InChI=1S/C18H26NO6P/c1-3-18(4-2)10-24-26(22,25-11-18)23-8-7-19-16(20)14-12-5-6-13(9-12)15(14)17(19)21/h5-6,12-15H,3-4,7-11H2,1-2H3. The van der Waals surface area contributed by atoms with Crippen molar-refractivity contribution >= 4 is 19.6 Å². The smallest absolute Gasteiger partial charge is 0.286 e. The van der Waals surface area contributed by atoms with Crippen LogP contribution in [-0.4, -0.2) is 43.1 Å². The molecule has 0 aromatic rings. The number of nitrogens with zero attached hydrogens (tertiary/aromatic N) is 1. The first-order valence-electron chi connectivity index (χ1n) is 9.49. The van der Waals surface area contributed by atoms with Crippen LogP contribution in [0.2, 0.25) is 0 Å². The predicted octanol–water partition coefficient (Wildman–Crippen LogP) is 2.77. The van der Waals surface area contributed by atoms with E-state index in [2.05, 4.69) is 26.0 Å². The molecule has 2 saturated heterocycles. The molecular weight excluding hydrogens is 357 g/mol. The minimum Gasteiger partial charge on any atom is -0.286 e. The number of phosphoric ester groups is 1. The Kier molecular flexibility index (Phi) is 4.63. The topological polar surface area (TPSA) is 82.1 Å². The highest BCUT2D eigenvalue weighted by Crippen LogP contribution is 2.56. The number of imide groups is 1. The lowest BCUT2D eigenvalue weighted by molar-refractivity contribution is -0.141. The maximum atomic E-state index is 12.6. The molecule has 2 aliphatic heterocycles. The number of phosphoric acid groups is 1. The normalized spacial score (nSPS) is 36.8. The number of likely N-dealkylation sites (tertiary alicyclic amines) is 1. The van der Waals surface area contributed by atoms with Crippen molar-refractivity contribution in [2.24, 2.45) is 29.1 Å². The molecule has 2 aliphatic carbocycles. The Hall–Kier alpha value is -1.01. The molecule has 26 heavy (non-hydrogen) atoms. The van der Waals surface area contributed by atoms with Gasteiger partial charge in [-0.15, -0.1) is 0 Å². The van der Waals surface area contributed by atoms with E-state index in [0.717, 1.165) is 19.3 Å². The third kappa shape index (κ3) is 2.80. The minimum absolute atomic E-state index is 0.0395. The van der Waals surface area contributed by atoms with E-state index >= 15 is 0 Å². The van der Waals surface area contributed by atoms with Crippen LogP contribution in [0.4, 0.5) is 0 Å². The predicted molar refractivity (Wildman–Crippen MR) is 92.9 cm³/mol. The minimum atomic E-state index is -3.61. The number of hydrogen-bond acceptors (Lipinski definition) is 6. The van der Waals surface area contributed by atoms with E-state index < -0.39 is 7.82 Å². The highest BCUT2D eigenvalue weighted by atomic mass is 31.2. The van der Waals surface area contributed by atoms with Crippen molar-refractivity contribution < 1.29 is 27.7 Å². The Balaban J connectivity index is 1.31. The molecule has 7 nitrogen and oxygen atoms in total. The van der Waals surface area contributed by atoms with Crippen molar-refractivity contribution in [1.82, 2.24) is 4.90 Å². The molecule has 4 rings (SSSR count). The van der Waals surface area contributed by atoms with Crippen LogP contribution in [0.3, 0.4) is 0 Å². The number of carbonyl (C=O) groups is 2. The van der Waals surface area contributed by atoms with Gasteiger partial charge in [-0.2, -0.15) is 0 Å². The SMILES string of the molecule is CCC1(CC)COP(=O)(OCCN2C(=O)C3C4C=CC(C4)C3C2=O)OC1. The zero-order chi connectivity index (χ0) is 18.5. The third-order valence-electron chi connectivity index (χ3n) is 6.68. The molecule has 2 bridgehead atoms. The molecule has 0 spiro atoms. The molecule has 1 saturated carbocycles. The number of rotatable bonds is 6. The summed E-state index contributed by atoms with van der Waals surface area (Å²) in [5, 5.41) is 0. The molecule has 4 aliphatic rings. The number of amides is 2. The summed E-state index contributed by atoms with van der Waals surface area (Å²) in [5.74, 6) is -0.310. The van der Waals surface area contributed by atoms with Gasteiger partial charge in [0.15, 0.2) is 0 Å². The van der Waals surface area contributed by atoms with Crippen LogP contribution in [0.1, 0.15) is 33.1 Å². The molecule has 8 heteroatoms. The van der Waals surface area contributed by atoms with Crippen LogP contribution in [0, 0.1) is 29.1 Å². The van der Waals surface area contributed by atoms with E-state index in [1.165, 1.54) is 4.90 Å². The molecule has 4 atom stereocenters. The average molecular weight is 383 g/mol. The van der Waals surface area contributed by atoms with Gasteiger partial charge in [0, 0.05) is 5.41 Å². The van der Waals surface area contributed by atoms with Gasteiger partial charge >= 0.3 is 7.82 Å². The molecule has 0 N–H and O–H groups in total. The summed E-state index contributed by atoms with van der Waals surface area (Å²) < 4.78 is 28.7. The van der Waals surface area contributed by atoms with Gasteiger partial charge < -0.3 is 0 Å². The van der Waals surface area contributed by atoms with E-state index in [0.29, 0.717) is 13.2 Å². The van der Waals surface area contributed by atoms with E-state index in [1.807, 2.05) is 0 Å². The Morgan fingerprint density at radius 1 is 1.12 bits per heavy atom. The van der Waals surface area contributed by atoms with Crippen LogP contribution in [0.5, 0.6) is 0 Å². The molecule has 0 aromatic heterocycles. The van der Waals surface area contributed by atoms with Crippen molar-refractivity contribution in [1.29, 1.82) is 0 Å². The second-order valence-corrected chi connectivity index (χ2v) is 9.53. The summed E-state index contributed by atoms with van der Waals surface area (Å²) in [4.78, 5) is 26.5. The fourth-order valence-corrected chi connectivity index (χ4v) is 6.06. The maximum Gasteiger partial charge on any atom is 0.474 e. The van der Waals surface area contributed by atoms with Gasteiger partial charge in [0.05, 0.1) is 38.2 Å². The van der Waals surface area contributed by atoms with Gasteiger partial charge in [-0.3, -0.25) is 28.1 Å². The highest BCUT2D eigenvalue weighted by Gasteiger charge is 2.59. The quantitative estimate of drug-likeness (QED) is 0.399. The fraction of sp³-hybridized carbons (Fsp3) is 0.778. The summed E-state index contributed by atoms with van der Waals surface area (Å²) in [7, 11) is -3.61. The summed E-state index contributed by atoms with van der Waals surface area (Å²) in [6.07, 6.45) is 6.78. The summed E-state index contributed by atoms with van der Waals surface area (Å²) >= 11 is 0. The summed E-state index contributed by atoms with van der Waals surface area (Å²) in [6, 6.07) is 0. The van der Waals surface area contributed by atoms with Gasteiger partial charge in [-0.1, -0.05) is 26.0 Å². The molecular formula is C18H26NO6P. The zero-order valence-corrected chi connectivity index (χ0v) is 16.2. The molecule has 0 radical (unpaired) electrons. The highest BCUT2D eigenvalue weighted by molar-refractivity contribution is 7.48. The van der Waals surface area contributed by atoms with Crippen molar-refractivity contribution in [3.8, 4) is 0 Å². The largest absolute Gasteiger partial charge is 0.474 e. The second kappa shape index (κ2) is 6.55. The van der Waals surface area contributed by atoms with E-state index in [1.54, 1.807) is 0 Å². The Morgan fingerprint density at radius 2 is 1.65 bits per heavy atom. The number of hydrogen-bond donors (Lipinski definition) is 0. The average Bonchev–Trinajstić information content (AvgIpc) is 3.32. The second-order valence-electron chi connectivity index (χ2n) is 7.86. The van der Waals surface area contributed by atoms with Gasteiger partial charge in [0.25, 0.3) is 0 Å². The van der Waals surface area contributed by atoms with Crippen LogP contribution in [0.15, 0.2) is 12.2 Å². The third-order valence-corrected chi connectivity index (χ3v) is 8.07. The van der Waals surface area contributed by atoms with Crippen LogP contribution >= 0.6 is 7.82 Å². The van der Waals surface area contributed by atoms with E-state index in [9.17, 15) is 14.2 Å². The first kappa shape index (κ1) is 18.4. The molecule has 144 valence electrons. The van der Waals surface area contributed by atoms with E-state index in [-0.39, 0.29) is 54.1 Å². The lowest BCUT2D eigenvalue weighted by atomic mass is 9.84. The van der Waals surface area contributed by atoms with Crippen LogP contribution < -0.4 is 0 Å². The van der Waals surface area contributed by atoms with Crippen LogP contribution in [0.25, 0.3) is 0 Å². The first-order valence-corrected chi connectivity index (χ1v) is 11.0. The number of fused-ring (bicyclic) bond motifs is 5. The number of allylic oxidation sites excluding steroid dienone is 2. The molecule has 2 heterocycles. The van der Waals surface area contributed by atoms with E-state index in [4.69, 9.17) is 13.6 Å².